The summed E-state index contributed by atoms with van der Waals surface area (Å²) in [6, 6.07) is 0.0999. The number of amides is 1. The maximum atomic E-state index is 12.4. The Bertz CT molecular complexity index is 386. The van der Waals surface area contributed by atoms with Gasteiger partial charge < -0.3 is 15.0 Å². The summed E-state index contributed by atoms with van der Waals surface area (Å²) in [7, 11) is 0. The number of carbonyl (C=O) groups is 1. The molecule has 0 aliphatic carbocycles. The van der Waals surface area contributed by atoms with E-state index in [1.165, 1.54) is 25.8 Å². The molecule has 2 unspecified atom stereocenters. The van der Waals surface area contributed by atoms with Gasteiger partial charge in [-0.1, -0.05) is 0 Å². The van der Waals surface area contributed by atoms with Crippen LogP contribution in [0.3, 0.4) is 0 Å². The van der Waals surface area contributed by atoms with Gasteiger partial charge in [-0.2, -0.15) is 0 Å². The van der Waals surface area contributed by atoms with Crippen molar-refractivity contribution in [3.8, 4) is 0 Å². The molecule has 3 rings (SSSR count). The van der Waals surface area contributed by atoms with Gasteiger partial charge in [0.1, 0.15) is 0 Å². The van der Waals surface area contributed by atoms with E-state index >= 15 is 0 Å². The first-order valence-corrected chi connectivity index (χ1v) is 9.52. The summed E-state index contributed by atoms with van der Waals surface area (Å²) >= 11 is 0. The molecular formula is C18H34ClN3O2. The van der Waals surface area contributed by atoms with Gasteiger partial charge in [-0.3, -0.25) is 9.69 Å². The van der Waals surface area contributed by atoms with Gasteiger partial charge >= 0.3 is 0 Å². The van der Waals surface area contributed by atoms with Crippen molar-refractivity contribution in [1.82, 2.24) is 15.1 Å². The Balaban J connectivity index is 0.00000208. The fourth-order valence-electron chi connectivity index (χ4n) is 4.39. The molecule has 6 heteroatoms. The molecule has 3 atom stereocenters. The van der Waals surface area contributed by atoms with Gasteiger partial charge in [0.2, 0.25) is 5.91 Å². The predicted molar refractivity (Wildman–Crippen MR) is 98.6 cm³/mol. The number of nitrogens with zero attached hydrogens (tertiary/aromatic N) is 2. The minimum Gasteiger partial charge on any atom is -0.373 e. The second-order valence-electron chi connectivity index (χ2n) is 7.72. The lowest BCUT2D eigenvalue weighted by atomic mass is 9.92. The number of piperidine rings is 1. The van der Waals surface area contributed by atoms with Gasteiger partial charge in [0.05, 0.1) is 18.2 Å². The number of likely N-dealkylation sites (tertiary alicyclic amines) is 1. The van der Waals surface area contributed by atoms with E-state index in [0.717, 1.165) is 51.5 Å². The van der Waals surface area contributed by atoms with Crippen molar-refractivity contribution in [3.05, 3.63) is 0 Å². The topological polar surface area (TPSA) is 44.8 Å². The van der Waals surface area contributed by atoms with Crippen LogP contribution in [-0.4, -0.2) is 73.2 Å². The van der Waals surface area contributed by atoms with Gasteiger partial charge in [0, 0.05) is 26.2 Å². The largest absolute Gasteiger partial charge is 0.373 e. The summed E-state index contributed by atoms with van der Waals surface area (Å²) in [6.07, 6.45) is 6.50. The maximum absolute atomic E-state index is 12.4. The van der Waals surface area contributed by atoms with Gasteiger partial charge in [0.15, 0.2) is 0 Å². The summed E-state index contributed by atoms with van der Waals surface area (Å²) in [5.74, 6) is 1.13. The molecule has 0 radical (unpaired) electrons. The monoisotopic (exact) mass is 359 g/mol. The Morgan fingerprint density at radius 2 is 1.79 bits per heavy atom. The van der Waals surface area contributed by atoms with Crippen LogP contribution in [0.4, 0.5) is 0 Å². The minimum atomic E-state index is 0. The summed E-state index contributed by atoms with van der Waals surface area (Å²) in [5.41, 5.74) is 0. The summed E-state index contributed by atoms with van der Waals surface area (Å²) < 4.78 is 5.81. The van der Waals surface area contributed by atoms with E-state index in [9.17, 15) is 4.79 Å². The second kappa shape index (κ2) is 9.37. The molecule has 1 N–H and O–H groups in total. The normalized spacial score (nSPS) is 32.6. The van der Waals surface area contributed by atoms with E-state index in [2.05, 4.69) is 29.0 Å². The van der Waals surface area contributed by atoms with Crippen LogP contribution >= 0.6 is 12.4 Å². The van der Waals surface area contributed by atoms with E-state index in [-0.39, 0.29) is 18.4 Å². The average Bonchev–Trinajstić information content (AvgIpc) is 3.06. The summed E-state index contributed by atoms with van der Waals surface area (Å²) in [5, 5.41) is 3.33. The van der Waals surface area contributed by atoms with Crippen molar-refractivity contribution in [2.75, 3.05) is 39.3 Å². The molecule has 3 aliphatic heterocycles. The first-order valence-electron chi connectivity index (χ1n) is 9.52. The highest BCUT2D eigenvalue weighted by Crippen LogP contribution is 2.23. The molecule has 0 bridgehead atoms. The standard InChI is InChI=1S/C18H33N3O2.ClH/c1-14-12-20(13-15(2)23-14)9-5-16-6-10-21(11-7-16)18(22)17-4-3-8-19-17;/h14-17,19H,3-13H2,1-2H3;1H/t14?,15?,17-;/m0./s1. The average molecular weight is 360 g/mol. The molecule has 0 aromatic heterocycles. The number of hydrogen-bond acceptors (Lipinski definition) is 4. The Morgan fingerprint density at radius 1 is 1.12 bits per heavy atom. The molecule has 3 heterocycles. The van der Waals surface area contributed by atoms with Crippen LogP contribution in [-0.2, 0) is 9.53 Å². The molecule has 0 aromatic rings. The molecule has 0 spiro atoms. The molecule has 140 valence electrons. The molecule has 3 fully saturated rings. The van der Waals surface area contributed by atoms with Crippen LogP contribution < -0.4 is 5.32 Å². The zero-order chi connectivity index (χ0) is 16.2. The van der Waals surface area contributed by atoms with Crippen molar-refractivity contribution >= 4 is 18.3 Å². The second-order valence-corrected chi connectivity index (χ2v) is 7.72. The van der Waals surface area contributed by atoms with Crippen molar-refractivity contribution in [3.63, 3.8) is 0 Å². The first-order chi connectivity index (χ1) is 11.1. The number of nitrogens with one attached hydrogen (secondary N) is 1. The third-order valence-electron chi connectivity index (χ3n) is 5.63. The van der Waals surface area contributed by atoms with Crippen LogP contribution in [0.5, 0.6) is 0 Å². The number of rotatable bonds is 4. The number of halogens is 1. The SMILES string of the molecule is CC1CN(CCC2CCN(C(=O)[C@@H]3CCCN3)CC2)CC(C)O1.Cl. The third kappa shape index (κ3) is 5.32. The first kappa shape index (κ1) is 20.0. The number of hydrogen-bond donors (Lipinski definition) is 1. The van der Waals surface area contributed by atoms with Crippen molar-refractivity contribution in [1.29, 1.82) is 0 Å². The van der Waals surface area contributed by atoms with E-state index in [0.29, 0.717) is 18.1 Å². The highest BCUT2D eigenvalue weighted by molar-refractivity contribution is 5.85. The zero-order valence-electron chi connectivity index (χ0n) is 15.2. The molecular weight excluding hydrogens is 326 g/mol. The van der Waals surface area contributed by atoms with Crippen LogP contribution in [0.2, 0.25) is 0 Å². The predicted octanol–water partition coefficient (Wildman–Crippen LogP) is 1.90. The molecule has 3 aliphatic rings. The zero-order valence-corrected chi connectivity index (χ0v) is 16.0. The van der Waals surface area contributed by atoms with Gasteiger partial charge in [-0.15, -0.1) is 12.4 Å². The van der Waals surface area contributed by atoms with Crippen molar-refractivity contribution in [2.45, 2.75) is 64.2 Å². The third-order valence-corrected chi connectivity index (χ3v) is 5.63. The fourth-order valence-corrected chi connectivity index (χ4v) is 4.39. The minimum absolute atomic E-state index is 0. The molecule has 0 saturated carbocycles. The highest BCUT2D eigenvalue weighted by atomic mass is 35.5. The van der Waals surface area contributed by atoms with Crippen LogP contribution in [0.15, 0.2) is 0 Å². The lowest BCUT2D eigenvalue weighted by Crippen LogP contribution is -2.48. The van der Waals surface area contributed by atoms with Crippen molar-refractivity contribution in [2.24, 2.45) is 5.92 Å². The Kier molecular flexibility index (Phi) is 7.79. The summed E-state index contributed by atoms with van der Waals surface area (Å²) in [4.78, 5) is 17.1. The number of carbonyl (C=O) groups excluding carboxylic acids is 1. The quantitative estimate of drug-likeness (QED) is 0.832. The smallest absolute Gasteiger partial charge is 0.239 e. The van der Waals surface area contributed by atoms with Gasteiger partial charge in [0.25, 0.3) is 0 Å². The molecule has 3 saturated heterocycles. The molecule has 24 heavy (non-hydrogen) atoms. The van der Waals surface area contributed by atoms with Gasteiger partial charge in [-0.25, -0.2) is 0 Å². The van der Waals surface area contributed by atoms with Crippen LogP contribution in [0.1, 0.15) is 46.0 Å². The van der Waals surface area contributed by atoms with Crippen LogP contribution in [0.25, 0.3) is 0 Å². The fraction of sp³-hybridized carbons (Fsp3) is 0.944. The number of ether oxygens (including phenoxy) is 1. The van der Waals surface area contributed by atoms with E-state index in [1.807, 2.05) is 0 Å². The highest BCUT2D eigenvalue weighted by Gasteiger charge is 2.30. The summed E-state index contributed by atoms with van der Waals surface area (Å²) in [6.45, 7) is 10.6. The lowest BCUT2D eigenvalue weighted by Gasteiger charge is -2.37. The van der Waals surface area contributed by atoms with Crippen molar-refractivity contribution < 1.29 is 9.53 Å². The number of morpholine rings is 1. The Labute approximate surface area is 152 Å². The Hall–Kier alpha value is -0.360. The van der Waals surface area contributed by atoms with E-state index in [4.69, 9.17) is 4.74 Å². The van der Waals surface area contributed by atoms with Gasteiger partial charge in [-0.05, 0) is 65.0 Å². The lowest BCUT2D eigenvalue weighted by molar-refractivity contribution is -0.134. The van der Waals surface area contributed by atoms with E-state index in [1.54, 1.807) is 0 Å². The maximum Gasteiger partial charge on any atom is 0.239 e. The van der Waals surface area contributed by atoms with E-state index < -0.39 is 0 Å². The Morgan fingerprint density at radius 3 is 2.38 bits per heavy atom. The molecule has 1 amide bonds. The molecule has 0 aromatic carbocycles. The van der Waals surface area contributed by atoms with Crippen LogP contribution in [0, 0.1) is 5.92 Å². The molecule has 5 nitrogen and oxygen atoms in total.